The van der Waals surface area contributed by atoms with Crippen LogP contribution in [0.1, 0.15) is 118 Å². The van der Waals surface area contributed by atoms with Gasteiger partial charge in [0.25, 0.3) is 0 Å². The molecule has 0 aliphatic rings. The van der Waals surface area contributed by atoms with Crippen molar-refractivity contribution in [2.24, 2.45) is 11.8 Å². The fourth-order valence-corrected chi connectivity index (χ4v) is 4.55. The molecule has 5 heteroatoms. The lowest BCUT2D eigenvalue weighted by molar-refractivity contribution is 0.0881. The monoisotopic (exact) mass is 406 g/mol. The van der Waals surface area contributed by atoms with Crippen LogP contribution in [0.15, 0.2) is 0 Å². The summed E-state index contributed by atoms with van der Waals surface area (Å²) in [5.41, 5.74) is 0. The highest BCUT2D eigenvalue weighted by Gasteiger charge is 2.26. The SMILES string of the molecule is CCCCCCCCC(CCCCCC)COP(=O)(O)OC(C)CC(C)C. The van der Waals surface area contributed by atoms with E-state index in [-0.39, 0.29) is 6.10 Å². The molecule has 0 amide bonds. The second-order valence-electron chi connectivity index (χ2n) is 8.58. The molecule has 0 fully saturated rings. The lowest BCUT2D eigenvalue weighted by Gasteiger charge is -2.22. The van der Waals surface area contributed by atoms with Crippen LogP contribution < -0.4 is 0 Å². The molecular formula is C22H47O4P. The van der Waals surface area contributed by atoms with Crippen LogP contribution in [0.4, 0.5) is 0 Å². The third-order valence-electron chi connectivity index (χ3n) is 5.02. The zero-order chi connectivity index (χ0) is 20.5. The highest BCUT2D eigenvalue weighted by Crippen LogP contribution is 2.46. The summed E-state index contributed by atoms with van der Waals surface area (Å²) in [5.74, 6) is 0.788. The molecule has 3 unspecified atom stereocenters. The van der Waals surface area contributed by atoms with Gasteiger partial charge in [-0.3, -0.25) is 9.05 Å². The Balaban J connectivity index is 4.30. The minimum Gasteiger partial charge on any atom is -0.302 e. The molecule has 3 atom stereocenters. The number of rotatable bonds is 19. The summed E-state index contributed by atoms with van der Waals surface area (Å²) in [6, 6.07) is 0. The van der Waals surface area contributed by atoms with Gasteiger partial charge in [0.05, 0.1) is 12.7 Å². The molecule has 0 heterocycles. The number of hydrogen-bond acceptors (Lipinski definition) is 3. The van der Waals surface area contributed by atoms with Gasteiger partial charge < -0.3 is 4.89 Å². The maximum absolute atomic E-state index is 12.2. The van der Waals surface area contributed by atoms with Crippen molar-refractivity contribution < 1.29 is 18.5 Å². The summed E-state index contributed by atoms with van der Waals surface area (Å²) in [5, 5.41) is 0. The van der Waals surface area contributed by atoms with Crippen molar-refractivity contribution in [3.05, 3.63) is 0 Å². The van der Waals surface area contributed by atoms with Crippen molar-refractivity contribution in [2.75, 3.05) is 6.61 Å². The Bertz CT molecular complexity index is 373. The van der Waals surface area contributed by atoms with Gasteiger partial charge in [-0.2, -0.15) is 0 Å². The zero-order valence-electron chi connectivity index (χ0n) is 18.8. The molecule has 164 valence electrons. The molecule has 0 aliphatic heterocycles. The average Bonchev–Trinajstić information content (AvgIpc) is 2.57. The van der Waals surface area contributed by atoms with Gasteiger partial charge >= 0.3 is 7.82 Å². The first-order valence-corrected chi connectivity index (χ1v) is 13.0. The fraction of sp³-hybridized carbons (Fsp3) is 1.00. The molecule has 0 aromatic heterocycles. The molecular weight excluding hydrogens is 359 g/mol. The molecule has 0 saturated heterocycles. The van der Waals surface area contributed by atoms with Crippen LogP contribution in [-0.4, -0.2) is 17.6 Å². The van der Waals surface area contributed by atoms with Crippen LogP contribution in [0, 0.1) is 11.8 Å². The molecule has 4 nitrogen and oxygen atoms in total. The van der Waals surface area contributed by atoms with E-state index in [0.29, 0.717) is 18.4 Å². The molecule has 27 heavy (non-hydrogen) atoms. The Hall–Kier alpha value is 0.110. The Morgan fingerprint density at radius 3 is 1.81 bits per heavy atom. The summed E-state index contributed by atoms with van der Waals surface area (Å²) in [7, 11) is -3.96. The van der Waals surface area contributed by atoms with Crippen LogP contribution >= 0.6 is 7.82 Å². The van der Waals surface area contributed by atoms with Gasteiger partial charge in [-0.15, -0.1) is 0 Å². The number of phosphoric acid groups is 1. The van der Waals surface area contributed by atoms with Gasteiger partial charge in [0.15, 0.2) is 0 Å². The van der Waals surface area contributed by atoms with Gasteiger partial charge in [0.2, 0.25) is 0 Å². The second-order valence-corrected chi connectivity index (χ2v) is 9.99. The molecule has 1 N–H and O–H groups in total. The normalized spacial score (nSPS) is 16.4. The lowest BCUT2D eigenvalue weighted by atomic mass is 9.95. The third kappa shape index (κ3) is 17.9. The lowest BCUT2D eigenvalue weighted by Crippen LogP contribution is -2.14. The summed E-state index contributed by atoms with van der Waals surface area (Å²) >= 11 is 0. The average molecular weight is 407 g/mol. The summed E-state index contributed by atoms with van der Waals surface area (Å²) < 4.78 is 22.9. The molecule has 0 aromatic carbocycles. The van der Waals surface area contributed by atoms with Crippen LogP contribution in [0.2, 0.25) is 0 Å². The van der Waals surface area contributed by atoms with Crippen LogP contribution in [0.25, 0.3) is 0 Å². The van der Waals surface area contributed by atoms with Crippen molar-refractivity contribution in [1.29, 1.82) is 0 Å². The van der Waals surface area contributed by atoms with Gasteiger partial charge in [-0.05, 0) is 38.0 Å². The summed E-state index contributed by atoms with van der Waals surface area (Å²) in [6.07, 6.45) is 15.2. The summed E-state index contributed by atoms with van der Waals surface area (Å²) in [6.45, 7) is 10.8. The first kappa shape index (κ1) is 27.1. The maximum atomic E-state index is 12.2. The largest absolute Gasteiger partial charge is 0.472 e. The molecule has 0 rings (SSSR count). The number of hydrogen-bond donors (Lipinski definition) is 1. The topological polar surface area (TPSA) is 55.8 Å². The fourth-order valence-electron chi connectivity index (χ4n) is 3.55. The first-order chi connectivity index (χ1) is 12.8. The minimum atomic E-state index is -3.96. The van der Waals surface area contributed by atoms with Crippen LogP contribution in [0.5, 0.6) is 0 Å². The maximum Gasteiger partial charge on any atom is 0.472 e. The van der Waals surface area contributed by atoms with Gasteiger partial charge in [0, 0.05) is 0 Å². The first-order valence-electron chi connectivity index (χ1n) is 11.5. The van der Waals surface area contributed by atoms with Crippen molar-refractivity contribution >= 4 is 7.82 Å². The Morgan fingerprint density at radius 1 is 0.815 bits per heavy atom. The molecule has 0 bridgehead atoms. The Kier molecular flexibility index (Phi) is 17.1. The van der Waals surface area contributed by atoms with Crippen molar-refractivity contribution in [2.45, 2.75) is 124 Å². The van der Waals surface area contributed by atoms with Gasteiger partial charge in [0.1, 0.15) is 0 Å². The van der Waals surface area contributed by atoms with E-state index in [1.807, 2.05) is 6.92 Å². The molecule has 0 spiro atoms. The van der Waals surface area contributed by atoms with E-state index in [1.165, 1.54) is 64.2 Å². The molecule has 0 aliphatic carbocycles. The van der Waals surface area contributed by atoms with E-state index in [1.54, 1.807) is 0 Å². The highest BCUT2D eigenvalue weighted by atomic mass is 31.2. The standard InChI is InChI=1S/C22H47O4P/c1-6-8-10-12-13-15-17-22(16-14-11-9-7-2)19-25-27(23,24)26-21(5)18-20(3)4/h20-22H,6-19H2,1-5H3,(H,23,24). The van der Waals surface area contributed by atoms with Crippen molar-refractivity contribution in [1.82, 2.24) is 0 Å². The highest BCUT2D eigenvalue weighted by molar-refractivity contribution is 7.47. The third-order valence-corrected chi connectivity index (χ3v) is 6.12. The van der Waals surface area contributed by atoms with Crippen molar-refractivity contribution in [3.8, 4) is 0 Å². The van der Waals surface area contributed by atoms with E-state index in [0.717, 1.165) is 19.3 Å². The molecule has 0 aromatic rings. The number of phosphoric ester groups is 1. The van der Waals surface area contributed by atoms with E-state index in [4.69, 9.17) is 9.05 Å². The number of unbranched alkanes of at least 4 members (excludes halogenated alkanes) is 8. The zero-order valence-corrected chi connectivity index (χ0v) is 19.6. The Morgan fingerprint density at radius 2 is 1.30 bits per heavy atom. The molecule has 0 radical (unpaired) electrons. The predicted molar refractivity (Wildman–Crippen MR) is 116 cm³/mol. The van der Waals surface area contributed by atoms with E-state index < -0.39 is 7.82 Å². The smallest absolute Gasteiger partial charge is 0.302 e. The van der Waals surface area contributed by atoms with E-state index >= 15 is 0 Å². The van der Waals surface area contributed by atoms with Crippen LogP contribution in [0.3, 0.4) is 0 Å². The predicted octanol–water partition coefficient (Wildman–Crippen LogP) is 7.89. The Labute approximate surface area is 169 Å². The summed E-state index contributed by atoms with van der Waals surface area (Å²) in [4.78, 5) is 10.0. The van der Waals surface area contributed by atoms with E-state index in [9.17, 15) is 9.46 Å². The van der Waals surface area contributed by atoms with E-state index in [2.05, 4.69) is 27.7 Å². The second kappa shape index (κ2) is 17.0. The van der Waals surface area contributed by atoms with Gasteiger partial charge in [-0.25, -0.2) is 4.57 Å². The minimum absolute atomic E-state index is 0.262. The quantitative estimate of drug-likeness (QED) is 0.175. The van der Waals surface area contributed by atoms with Crippen molar-refractivity contribution in [3.63, 3.8) is 0 Å². The van der Waals surface area contributed by atoms with Gasteiger partial charge in [-0.1, -0.05) is 91.9 Å². The van der Waals surface area contributed by atoms with Crippen LogP contribution in [-0.2, 0) is 13.6 Å². The molecule has 0 saturated carbocycles.